The van der Waals surface area contributed by atoms with E-state index in [0.29, 0.717) is 23.2 Å². The summed E-state index contributed by atoms with van der Waals surface area (Å²) in [6.07, 6.45) is 9.91. The molecule has 9 nitrogen and oxygen atoms in total. The number of carbonyl (C=O) groups excluding carboxylic acids is 1. The van der Waals surface area contributed by atoms with Crippen LogP contribution in [0.2, 0.25) is 0 Å². The van der Waals surface area contributed by atoms with Gasteiger partial charge in [0.05, 0.1) is 12.0 Å². The smallest absolute Gasteiger partial charge is 0.223 e. The lowest BCUT2D eigenvalue weighted by molar-refractivity contribution is -0.130. The number of piperazine rings is 1. The fourth-order valence-electron chi connectivity index (χ4n) is 4.23. The van der Waals surface area contributed by atoms with Crippen LogP contribution in [0, 0.1) is 0 Å². The number of aromatic nitrogens is 4. The van der Waals surface area contributed by atoms with Crippen molar-refractivity contribution in [2.45, 2.75) is 25.7 Å². The van der Waals surface area contributed by atoms with Gasteiger partial charge in [-0.05, 0) is 31.1 Å². The van der Waals surface area contributed by atoms with Crippen molar-refractivity contribution in [2.75, 3.05) is 31.9 Å². The summed E-state index contributed by atoms with van der Waals surface area (Å²) in [5.41, 5.74) is 9.03. The van der Waals surface area contributed by atoms with Crippen LogP contribution in [0.5, 0.6) is 0 Å². The van der Waals surface area contributed by atoms with E-state index in [1.807, 2.05) is 17.0 Å². The summed E-state index contributed by atoms with van der Waals surface area (Å²) in [6, 6.07) is 5.56. The standard InChI is InChI=1S/C22H25N7O2/c1-15(30)27-9-11-28(12-10-27)17-5-2-4-16(7-8-17)18-14-20-25-21(19-6-3-13-31-19)26-29(20)22(23)24-18/h2-6,13-14,16H,7-12H2,1H3,(H2,23,24). The van der Waals surface area contributed by atoms with Crippen LogP contribution < -0.4 is 5.73 Å². The topological polar surface area (TPSA) is 106 Å². The highest BCUT2D eigenvalue weighted by Gasteiger charge is 2.23. The summed E-state index contributed by atoms with van der Waals surface area (Å²) in [6.45, 7) is 4.93. The van der Waals surface area contributed by atoms with Crippen LogP contribution in [-0.4, -0.2) is 61.5 Å². The van der Waals surface area contributed by atoms with Gasteiger partial charge in [0.25, 0.3) is 0 Å². The molecule has 160 valence electrons. The third-order valence-corrected chi connectivity index (χ3v) is 5.97. The molecule has 1 unspecified atom stereocenters. The molecular weight excluding hydrogens is 394 g/mol. The van der Waals surface area contributed by atoms with Crippen molar-refractivity contribution in [3.8, 4) is 11.6 Å². The lowest BCUT2D eigenvalue weighted by Crippen LogP contribution is -2.47. The van der Waals surface area contributed by atoms with Crippen molar-refractivity contribution in [2.24, 2.45) is 0 Å². The normalized spacial score (nSPS) is 19.5. The van der Waals surface area contributed by atoms with Gasteiger partial charge in [-0.2, -0.15) is 4.52 Å². The largest absolute Gasteiger partial charge is 0.461 e. The van der Waals surface area contributed by atoms with Gasteiger partial charge in [0.2, 0.25) is 17.7 Å². The summed E-state index contributed by atoms with van der Waals surface area (Å²) in [5, 5.41) is 4.41. The lowest BCUT2D eigenvalue weighted by atomic mass is 9.99. The maximum atomic E-state index is 11.6. The Bertz CT molecular complexity index is 1150. The number of carbonyl (C=O) groups is 1. The van der Waals surface area contributed by atoms with Crippen LogP contribution in [0.1, 0.15) is 31.4 Å². The van der Waals surface area contributed by atoms with E-state index >= 15 is 0 Å². The van der Waals surface area contributed by atoms with Crippen LogP contribution in [-0.2, 0) is 4.79 Å². The van der Waals surface area contributed by atoms with E-state index in [9.17, 15) is 4.79 Å². The average Bonchev–Trinajstić information content (AvgIpc) is 3.39. The number of furan rings is 1. The number of nitrogens with two attached hydrogens (primary N) is 1. The maximum Gasteiger partial charge on any atom is 0.223 e. The van der Waals surface area contributed by atoms with E-state index in [1.165, 1.54) is 5.70 Å². The summed E-state index contributed by atoms with van der Waals surface area (Å²) >= 11 is 0. The molecule has 5 rings (SSSR count). The number of hydrogen-bond donors (Lipinski definition) is 1. The third kappa shape index (κ3) is 3.78. The first-order valence-electron chi connectivity index (χ1n) is 10.5. The predicted octanol–water partition coefficient (Wildman–Crippen LogP) is 2.45. The first-order chi connectivity index (χ1) is 15.1. The Kier molecular flexibility index (Phi) is 4.93. The highest BCUT2D eigenvalue weighted by molar-refractivity contribution is 5.73. The van der Waals surface area contributed by atoms with Gasteiger partial charge in [-0.15, -0.1) is 5.10 Å². The Hall–Kier alpha value is -3.62. The molecule has 0 spiro atoms. The molecule has 1 saturated heterocycles. The Labute approximate surface area is 179 Å². The van der Waals surface area contributed by atoms with Crippen LogP contribution >= 0.6 is 0 Å². The molecule has 1 aliphatic carbocycles. The monoisotopic (exact) mass is 419 g/mol. The van der Waals surface area contributed by atoms with Crippen molar-refractivity contribution < 1.29 is 9.21 Å². The lowest BCUT2D eigenvalue weighted by Gasteiger charge is -2.37. The van der Waals surface area contributed by atoms with Gasteiger partial charge in [0.15, 0.2) is 11.4 Å². The van der Waals surface area contributed by atoms with Crippen molar-refractivity contribution in [1.82, 2.24) is 29.4 Å². The van der Waals surface area contributed by atoms with Gasteiger partial charge in [-0.1, -0.05) is 12.2 Å². The summed E-state index contributed by atoms with van der Waals surface area (Å²) in [7, 11) is 0. The van der Waals surface area contributed by atoms with Crippen LogP contribution in [0.25, 0.3) is 17.2 Å². The van der Waals surface area contributed by atoms with Crippen LogP contribution in [0.4, 0.5) is 5.95 Å². The zero-order chi connectivity index (χ0) is 21.4. The van der Waals surface area contributed by atoms with Gasteiger partial charge >= 0.3 is 0 Å². The quantitative estimate of drug-likeness (QED) is 0.695. The highest BCUT2D eigenvalue weighted by atomic mass is 16.3. The first kappa shape index (κ1) is 19.3. The van der Waals surface area contributed by atoms with Gasteiger partial charge in [0, 0.05) is 50.8 Å². The summed E-state index contributed by atoms with van der Waals surface area (Å²) in [4.78, 5) is 25.0. The molecule has 0 saturated carbocycles. The SMILES string of the molecule is CC(=O)N1CCN(C2=CC=CC(c3cc4nc(-c5ccco5)nn4c(N)n3)CC2)CC1. The zero-order valence-corrected chi connectivity index (χ0v) is 17.4. The molecule has 0 radical (unpaired) electrons. The molecule has 1 fully saturated rings. The number of hydrogen-bond acceptors (Lipinski definition) is 7. The first-order valence-corrected chi connectivity index (χ1v) is 10.5. The predicted molar refractivity (Wildman–Crippen MR) is 116 cm³/mol. The second-order valence-electron chi connectivity index (χ2n) is 7.90. The van der Waals surface area contributed by atoms with Crippen molar-refractivity contribution in [3.63, 3.8) is 0 Å². The van der Waals surface area contributed by atoms with Crippen molar-refractivity contribution in [3.05, 3.63) is 54.1 Å². The second-order valence-corrected chi connectivity index (χ2v) is 7.90. The van der Waals surface area contributed by atoms with E-state index < -0.39 is 0 Å². The third-order valence-electron chi connectivity index (χ3n) is 5.97. The molecule has 4 heterocycles. The highest BCUT2D eigenvalue weighted by Crippen LogP contribution is 2.29. The minimum atomic E-state index is 0.142. The molecule has 1 aliphatic heterocycles. The molecule has 3 aromatic rings. The average molecular weight is 419 g/mol. The number of amides is 1. The molecule has 2 N–H and O–H groups in total. The van der Waals surface area contributed by atoms with Crippen molar-refractivity contribution >= 4 is 17.5 Å². The van der Waals surface area contributed by atoms with Crippen molar-refractivity contribution in [1.29, 1.82) is 0 Å². The number of nitrogen functional groups attached to an aromatic ring is 1. The number of rotatable bonds is 3. The fraction of sp³-hybridized carbons (Fsp3) is 0.364. The fourth-order valence-corrected chi connectivity index (χ4v) is 4.23. The van der Waals surface area contributed by atoms with Crippen LogP contribution in [0.3, 0.4) is 0 Å². The minimum absolute atomic E-state index is 0.142. The Morgan fingerprint density at radius 1 is 1.23 bits per heavy atom. The Balaban J connectivity index is 1.31. The number of anilines is 1. The van der Waals surface area contributed by atoms with Gasteiger partial charge in [-0.25, -0.2) is 9.97 Å². The molecule has 31 heavy (non-hydrogen) atoms. The summed E-state index contributed by atoms with van der Waals surface area (Å²) < 4.78 is 6.94. The van der Waals surface area contributed by atoms with E-state index in [0.717, 1.165) is 44.7 Å². The number of nitrogens with zero attached hydrogens (tertiary/aromatic N) is 6. The van der Waals surface area contributed by atoms with E-state index in [2.05, 4.69) is 38.2 Å². The zero-order valence-electron chi connectivity index (χ0n) is 17.4. The number of allylic oxidation sites excluding steroid dienone is 4. The van der Waals surface area contributed by atoms with Gasteiger partial charge in [-0.3, -0.25) is 4.79 Å². The Morgan fingerprint density at radius 3 is 2.81 bits per heavy atom. The molecule has 3 aromatic heterocycles. The van der Waals surface area contributed by atoms with E-state index in [-0.39, 0.29) is 11.8 Å². The summed E-state index contributed by atoms with van der Waals surface area (Å²) in [5.74, 6) is 1.68. The molecule has 9 heteroatoms. The van der Waals surface area contributed by atoms with Gasteiger partial charge in [0.1, 0.15) is 0 Å². The maximum absolute atomic E-state index is 11.6. The van der Waals surface area contributed by atoms with E-state index in [1.54, 1.807) is 23.8 Å². The van der Waals surface area contributed by atoms with E-state index in [4.69, 9.17) is 10.2 Å². The molecular formula is C22H25N7O2. The Morgan fingerprint density at radius 2 is 2.06 bits per heavy atom. The molecule has 2 aliphatic rings. The molecule has 0 bridgehead atoms. The minimum Gasteiger partial charge on any atom is -0.461 e. The van der Waals surface area contributed by atoms with Gasteiger partial charge < -0.3 is 20.0 Å². The second kappa shape index (κ2) is 7.90. The molecule has 0 aromatic carbocycles. The molecule has 1 amide bonds. The van der Waals surface area contributed by atoms with Crippen LogP contribution in [0.15, 0.2) is 52.8 Å². The number of fused-ring (bicyclic) bond motifs is 1. The molecule has 1 atom stereocenters.